The van der Waals surface area contributed by atoms with Gasteiger partial charge in [-0.15, -0.1) is 0 Å². The first-order chi connectivity index (χ1) is 10.4. The number of benzene rings is 1. The van der Waals surface area contributed by atoms with E-state index in [1.165, 1.54) is 27.8 Å². The molecule has 0 unspecified atom stereocenters. The summed E-state index contributed by atoms with van der Waals surface area (Å²) in [5.41, 5.74) is 6.54. The monoisotopic (exact) mass is 303 g/mol. The SMILES string of the molecule is COCc1c(C)cc(C)c(CN(C)Cc2nc(C)no2)c1C. The Labute approximate surface area is 132 Å². The number of aryl methyl sites for hydroxylation is 3. The summed E-state index contributed by atoms with van der Waals surface area (Å²) < 4.78 is 10.5. The summed E-state index contributed by atoms with van der Waals surface area (Å²) in [5.74, 6) is 1.33. The summed E-state index contributed by atoms with van der Waals surface area (Å²) in [6.07, 6.45) is 0. The van der Waals surface area contributed by atoms with Gasteiger partial charge in [0, 0.05) is 13.7 Å². The molecule has 0 atom stereocenters. The molecule has 1 aromatic carbocycles. The molecule has 5 heteroatoms. The van der Waals surface area contributed by atoms with Crippen LogP contribution in [0, 0.1) is 27.7 Å². The second-order valence-electron chi connectivity index (χ2n) is 5.93. The highest BCUT2D eigenvalue weighted by Gasteiger charge is 2.14. The maximum atomic E-state index is 5.34. The van der Waals surface area contributed by atoms with Crippen LogP contribution in [0.5, 0.6) is 0 Å². The summed E-state index contributed by atoms with van der Waals surface area (Å²) in [4.78, 5) is 6.45. The highest BCUT2D eigenvalue weighted by molar-refractivity contribution is 5.44. The summed E-state index contributed by atoms with van der Waals surface area (Å²) >= 11 is 0. The Balaban J connectivity index is 2.19. The van der Waals surface area contributed by atoms with Crippen LogP contribution in [0.15, 0.2) is 10.6 Å². The minimum Gasteiger partial charge on any atom is -0.380 e. The molecule has 0 bridgehead atoms. The predicted octanol–water partition coefficient (Wildman–Crippen LogP) is 3.08. The topological polar surface area (TPSA) is 51.4 Å². The molecule has 5 nitrogen and oxygen atoms in total. The van der Waals surface area contributed by atoms with Crippen LogP contribution >= 0.6 is 0 Å². The Bertz CT molecular complexity index is 650. The molecule has 0 aliphatic heterocycles. The van der Waals surface area contributed by atoms with Gasteiger partial charge in [-0.1, -0.05) is 11.2 Å². The lowest BCUT2D eigenvalue weighted by Gasteiger charge is -2.21. The van der Waals surface area contributed by atoms with Gasteiger partial charge in [0.25, 0.3) is 0 Å². The van der Waals surface area contributed by atoms with Crippen molar-refractivity contribution in [2.24, 2.45) is 0 Å². The summed E-state index contributed by atoms with van der Waals surface area (Å²) in [5, 5.41) is 3.83. The third kappa shape index (κ3) is 3.72. The van der Waals surface area contributed by atoms with E-state index in [1.807, 2.05) is 6.92 Å². The second-order valence-corrected chi connectivity index (χ2v) is 5.93. The molecule has 0 saturated carbocycles. The minimum absolute atomic E-state index is 0.646. The third-order valence-electron chi connectivity index (χ3n) is 3.98. The zero-order valence-corrected chi connectivity index (χ0v) is 14.4. The van der Waals surface area contributed by atoms with Crippen LogP contribution < -0.4 is 0 Å². The Morgan fingerprint density at radius 2 is 1.77 bits per heavy atom. The van der Waals surface area contributed by atoms with E-state index >= 15 is 0 Å². The molecule has 22 heavy (non-hydrogen) atoms. The summed E-state index contributed by atoms with van der Waals surface area (Å²) in [6, 6.07) is 2.24. The van der Waals surface area contributed by atoms with E-state index in [1.54, 1.807) is 7.11 Å². The van der Waals surface area contributed by atoms with Crippen molar-refractivity contribution in [2.45, 2.75) is 47.4 Å². The molecular formula is C17H25N3O2. The van der Waals surface area contributed by atoms with Crippen molar-refractivity contribution in [1.82, 2.24) is 15.0 Å². The molecule has 120 valence electrons. The lowest BCUT2D eigenvalue weighted by molar-refractivity contribution is 0.183. The van der Waals surface area contributed by atoms with Gasteiger partial charge in [-0.25, -0.2) is 0 Å². The quantitative estimate of drug-likeness (QED) is 0.821. The van der Waals surface area contributed by atoms with Crippen molar-refractivity contribution in [3.05, 3.63) is 45.6 Å². The lowest BCUT2D eigenvalue weighted by Crippen LogP contribution is -2.19. The first-order valence-corrected chi connectivity index (χ1v) is 7.47. The smallest absolute Gasteiger partial charge is 0.240 e. The van der Waals surface area contributed by atoms with E-state index in [2.05, 4.69) is 48.9 Å². The van der Waals surface area contributed by atoms with Crippen molar-refractivity contribution in [3.63, 3.8) is 0 Å². The summed E-state index contributed by atoms with van der Waals surface area (Å²) in [7, 11) is 3.80. The molecule has 0 saturated heterocycles. The zero-order chi connectivity index (χ0) is 16.3. The third-order valence-corrected chi connectivity index (χ3v) is 3.98. The van der Waals surface area contributed by atoms with Gasteiger partial charge in [-0.05, 0) is 62.6 Å². The van der Waals surface area contributed by atoms with Crippen LogP contribution in [0.2, 0.25) is 0 Å². The fourth-order valence-corrected chi connectivity index (χ4v) is 2.84. The molecule has 1 aromatic heterocycles. The van der Waals surface area contributed by atoms with Crippen molar-refractivity contribution in [3.8, 4) is 0 Å². The maximum Gasteiger partial charge on any atom is 0.240 e. The van der Waals surface area contributed by atoms with Crippen LogP contribution in [0.4, 0.5) is 0 Å². The Morgan fingerprint density at radius 3 is 2.36 bits per heavy atom. The Hall–Kier alpha value is -1.72. The van der Waals surface area contributed by atoms with Crippen LogP contribution in [0.1, 0.15) is 39.5 Å². The van der Waals surface area contributed by atoms with Crippen molar-refractivity contribution < 1.29 is 9.26 Å². The largest absolute Gasteiger partial charge is 0.380 e. The number of methoxy groups -OCH3 is 1. The van der Waals surface area contributed by atoms with E-state index in [9.17, 15) is 0 Å². The highest BCUT2D eigenvalue weighted by Crippen LogP contribution is 2.24. The molecule has 0 aliphatic carbocycles. The molecule has 0 aliphatic rings. The average Bonchev–Trinajstić information content (AvgIpc) is 2.84. The van der Waals surface area contributed by atoms with Gasteiger partial charge in [-0.3, -0.25) is 4.90 Å². The molecule has 0 radical (unpaired) electrons. The van der Waals surface area contributed by atoms with E-state index in [4.69, 9.17) is 9.26 Å². The van der Waals surface area contributed by atoms with Crippen molar-refractivity contribution in [1.29, 1.82) is 0 Å². The van der Waals surface area contributed by atoms with E-state index < -0.39 is 0 Å². The summed E-state index contributed by atoms with van der Waals surface area (Å²) in [6.45, 7) is 10.5. The van der Waals surface area contributed by atoms with Gasteiger partial charge in [0.15, 0.2) is 5.82 Å². The van der Waals surface area contributed by atoms with Crippen LogP contribution in [0.3, 0.4) is 0 Å². The maximum absolute atomic E-state index is 5.34. The Morgan fingerprint density at radius 1 is 1.09 bits per heavy atom. The van der Waals surface area contributed by atoms with Crippen molar-refractivity contribution in [2.75, 3.05) is 14.2 Å². The molecule has 0 amide bonds. The number of hydrogen-bond donors (Lipinski definition) is 0. The number of aromatic nitrogens is 2. The lowest BCUT2D eigenvalue weighted by atomic mass is 9.93. The van der Waals surface area contributed by atoms with Gasteiger partial charge < -0.3 is 9.26 Å². The van der Waals surface area contributed by atoms with Crippen molar-refractivity contribution >= 4 is 0 Å². The fraction of sp³-hybridized carbons (Fsp3) is 0.529. The van der Waals surface area contributed by atoms with E-state index in [0.717, 1.165) is 6.54 Å². The average molecular weight is 303 g/mol. The molecule has 2 aromatic rings. The number of hydrogen-bond acceptors (Lipinski definition) is 5. The Kier molecular flexibility index (Phi) is 5.32. The highest BCUT2D eigenvalue weighted by atomic mass is 16.5. The van der Waals surface area contributed by atoms with E-state index in [-0.39, 0.29) is 0 Å². The molecule has 0 fully saturated rings. The van der Waals surface area contributed by atoms with Gasteiger partial charge >= 0.3 is 0 Å². The zero-order valence-electron chi connectivity index (χ0n) is 14.4. The molecular weight excluding hydrogens is 278 g/mol. The number of rotatable bonds is 6. The number of ether oxygens (including phenoxy) is 1. The molecule has 0 spiro atoms. The van der Waals surface area contributed by atoms with Gasteiger partial charge in [0.05, 0.1) is 13.2 Å². The fourth-order valence-electron chi connectivity index (χ4n) is 2.84. The van der Waals surface area contributed by atoms with Gasteiger partial charge in [-0.2, -0.15) is 4.98 Å². The molecule has 2 rings (SSSR count). The first-order valence-electron chi connectivity index (χ1n) is 7.47. The minimum atomic E-state index is 0.646. The van der Waals surface area contributed by atoms with Crippen LogP contribution in [-0.2, 0) is 24.4 Å². The molecule has 0 N–H and O–H groups in total. The standard InChI is InChI=1S/C17H25N3O2/c1-11-7-12(2)16(10-21-6)13(3)15(11)8-20(5)9-17-18-14(4)19-22-17/h7H,8-10H2,1-6H3. The van der Waals surface area contributed by atoms with Crippen LogP contribution in [-0.4, -0.2) is 29.2 Å². The first kappa shape index (κ1) is 16.6. The molecule has 1 heterocycles. The van der Waals surface area contributed by atoms with E-state index in [0.29, 0.717) is 24.9 Å². The number of nitrogens with zero attached hydrogens (tertiary/aromatic N) is 3. The van der Waals surface area contributed by atoms with Gasteiger partial charge in [0.2, 0.25) is 5.89 Å². The predicted molar refractivity (Wildman–Crippen MR) is 85.6 cm³/mol. The van der Waals surface area contributed by atoms with Crippen LogP contribution in [0.25, 0.3) is 0 Å². The van der Waals surface area contributed by atoms with Gasteiger partial charge in [0.1, 0.15) is 0 Å². The second kappa shape index (κ2) is 7.03. The normalized spacial score (nSPS) is 11.4.